The molecule has 2 unspecified atom stereocenters. The number of ketones is 1. The second kappa shape index (κ2) is 7.47. The Hall–Kier alpha value is -2.37. The first kappa shape index (κ1) is 16.5. The summed E-state index contributed by atoms with van der Waals surface area (Å²) in [5, 5.41) is 3.24. The van der Waals surface area contributed by atoms with Gasteiger partial charge in [0.25, 0.3) is 0 Å². The van der Waals surface area contributed by atoms with Gasteiger partial charge in [0, 0.05) is 18.7 Å². The highest BCUT2D eigenvalue weighted by Crippen LogP contribution is 2.32. The normalized spacial score (nSPS) is 15.1. The molecule has 0 spiro atoms. The second-order valence-corrected chi connectivity index (χ2v) is 5.81. The fourth-order valence-corrected chi connectivity index (χ4v) is 2.74. The third-order valence-electron chi connectivity index (χ3n) is 3.95. The number of carbonyl (C=O) groups excluding carboxylic acids is 1. The third kappa shape index (κ3) is 3.75. The zero-order valence-corrected chi connectivity index (χ0v) is 13.8. The molecule has 24 heavy (non-hydrogen) atoms. The van der Waals surface area contributed by atoms with E-state index in [-0.39, 0.29) is 18.6 Å². The lowest BCUT2D eigenvalue weighted by Gasteiger charge is -2.21. The highest BCUT2D eigenvalue weighted by molar-refractivity contribution is 5.99. The first-order valence-electron chi connectivity index (χ1n) is 7.94. The molecule has 0 aromatic heterocycles. The van der Waals surface area contributed by atoms with E-state index in [4.69, 9.17) is 14.2 Å². The molecule has 1 aliphatic rings. The molecule has 5 heteroatoms. The molecule has 0 aliphatic carbocycles. The zero-order chi connectivity index (χ0) is 16.9. The maximum absolute atomic E-state index is 12.5. The first-order valence-corrected chi connectivity index (χ1v) is 7.94. The molecule has 126 valence electrons. The number of nitrogens with one attached hydrogen (secondary N) is 1. The van der Waals surface area contributed by atoms with Gasteiger partial charge in [-0.3, -0.25) is 10.1 Å². The summed E-state index contributed by atoms with van der Waals surface area (Å²) in [7, 11) is 1.53. The lowest BCUT2D eigenvalue weighted by molar-refractivity contribution is 0.0457. The minimum absolute atomic E-state index is 0.0583. The van der Waals surface area contributed by atoms with Crippen LogP contribution >= 0.6 is 0 Å². The van der Waals surface area contributed by atoms with Crippen molar-refractivity contribution in [2.75, 3.05) is 13.9 Å². The maximum atomic E-state index is 12.5. The van der Waals surface area contributed by atoms with Crippen LogP contribution in [-0.4, -0.2) is 32.0 Å². The van der Waals surface area contributed by atoms with E-state index >= 15 is 0 Å². The summed E-state index contributed by atoms with van der Waals surface area (Å²) in [5.41, 5.74) is 1.74. The molecule has 3 rings (SSSR count). The molecule has 2 atom stereocenters. The second-order valence-electron chi connectivity index (χ2n) is 5.81. The van der Waals surface area contributed by atoms with Crippen LogP contribution in [0, 0.1) is 0 Å². The van der Waals surface area contributed by atoms with Gasteiger partial charge in [-0.1, -0.05) is 36.4 Å². The quantitative estimate of drug-likeness (QED) is 0.626. The molecular weight excluding hydrogens is 306 g/mol. The van der Waals surface area contributed by atoms with Gasteiger partial charge in [0.05, 0.1) is 0 Å². The van der Waals surface area contributed by atoms with Gasteiger partial charge < -0.3 is 14.2 Å². The number of methoxy groups -OCH3 is 1. The van der Waals surface area contributed by atoms with Crippen LogP contribution in [0.3, 0.4) is 0 Å². The Morgan fingerprint density at radius 3 is 2.67 bits per heavy atom. The van der Waals surface area contributed by atoms with Crippen molar-refractivity contribution < 1.29 is 19.0 Å². The molecule has 5 nitrogen and oxygen atoms in total. The molecule has 0 fully saturated rings. The van der Waals surface area contributed by atoms with E-state index in [1.165, 1.54) is 7.11 Å². The average Bonchev–Trinajstić information content (AvgIpc) is 3.07. The fraction of sp³-hybridized carbons (Fsp3) is 0.316. The maximum Gasteiger partial charge on any atom is 0.231 e. The van der Waals surface area contributed by atoms with E-state index in [0.29, 0.717) is 5.56 Å². The highest BCUT2D eigenvalue weighted by atomic mass is 16.7. The lowest BCUT2D eigenvalue weighted by Crippen LogP contribution is -2.44. The van der Waals surface area contributed by atoms with Crippen LogP contribution in [0.5, 0.6) is 11.5 Å². The van der Waals surface area contributed by atoms with Gasteiger partial charge in [0.1, 0.15) is 0 Å². The van der Waals surface area contributed by atoms with Gasteiger partial charge in [0.2, 0.25) is 12.6 Å². The van der Waals surface area contributed by atoms with Crippen LogP contribution < -0.4 is 14.8 Å². The molecule has 1 N–H and O–H groups in total. The number of hydrogen-bond acceptors (Lipinski definition) is 5. The van der Waals surface area contributed by atoms with Crippen molar-refractivity contribution in [2.45, 2.75) is 25.6 Å². The Morgan fingerprint density at radius 2 is 1.92 bits per heavy atom. The van der Waals surface area contributed by atoms with Crippen molar-refractivity contribution in [3.05, 3.63) is 59.7 Å². The number of ether oxygens (including phenoxy) is 3. The monoisotopic (exact) mass is 327 g/mol. The Balaban J connectivity index is 1.62. The number of carbonyl (C=O) groups is 1. The number of Topliss-reactive ketones (excluding diaryl/α,β-unsaturated/α-hetero) is 1. The van der Waals surface area contributed by atoms with E-state index in [0.717, 1.165) is 23.5 Å². The number of benzene rings is 2. The Kier molecular flexibility index (Phi) is 5.13. The molecular formula is C19H21NO4. The minimum Gasteiger partial charge on any atom is -0.454 e. The molecule has 0 bridgehead atoms. The number of hydrogen-bond donors (Lipinski definition) is 1. The molecule has 2 aromatic carbocycles. The van der Waals surface area contributed by atoms with Crippen molar-refractivity contribution in [1.29, 1.82) is 0 Å². The standard InChI is InChI=1S/C19H21NO4/c1-13(10-14-8-9-16-17(11-14)24-12-23-16)20-19(22-2)18(21)15-6-4-3-5-7-15/h3-9,11,13,19-20H,10,12H2,1-2H3. The van der Waals surface area contributed by atoms with Gasteiger partial charge in [-0.25, -0.2) is 0 Å². The highest BCUT2D eigenvalue weighted by Gasteiger charge is 2.21. The van der Waals surface area contributed by atoms with Gasteiger partial charge in [-0.15, -0.1) is 0 Å². The Morgan fingerprint density at radius 1 is 1.17 bits per heavy atom. The summed E-state index contributed by atoms with van der Waals surface area (Å²) in [6.07, 6.45) is 0.0786. The van der Waals surface area contributed by atoms with E-state index in [9.17, 15) is 4.79 Å². The minimum atomic E-state index is -0.670. The van der Waals surface area contributed by atoms with Gasteiger partial charge in [-0.2, -0.15) is 0 Å². The fourth-order valence-electron chi connectivity index (χ4n) is 2.74. The summed E-state index contributed by atoms with van der Waals surface area (Å²) in [6.45, 7) is 2.29. The molecule has 0 saturated heterocycles. The predicted molar refractivity (Wildman–Crippen MR) is 90.4 cm³/mol. The zero-order valence-electron chi connectivity index (χ0n) is 13.8. The predicted octanol–water partition coefficient (Wildman–Crippen LogP) is 2.79. The third-order valence-corrected chi connectivity index (χ3v) is 3.95. The van der Waals surface area contributed by atoms with E-state index in [2.05, 4.69) is 5.32 Å². The van der Waals surface area contributed by atoms with Crippen LogP contribution in [0.2, 0.25) is 0 Å². The molecule has 2 aromatic rings. The topological polar surface area (TPSA) is 56.8 Å². The molecule has 0 saturated carbocycles. The van der Waals surface area contributed by atoms with Crippen molar-refractivity contribution in [3.8, 4) is 11.5 Å². The largest absolute Gasteiger partial charge is 0.454 e. The molecule has 1 heterocycles. The van der Waals surface area contributed by atoms with Crippen molar-refractivity contribution in [2.24, 2.45) is 0 Å². The van der Waals surface area contributed by atoms with E-state index in [1.54, 1.807) is 12.1 Å². The number of fused-ring (bicyclic) bond motifs is 1. The van der Waals surface area contributed by atoms with Crippen molar-refractivity contribution in [3.63, 3.8) is 0 Å². The van der Waals surface area contributed by atoms with Gasteiger partial charge >= 0.3 is 0 Å². The summed E-state index contributed by atoms with van der Waals surface area (Å²) < 4.78 is 16.1. The first-order chi connectivity index (χ1) is 11.7. The molecule has 0 amide bonds. The van der Waals surface area contributed by atoms with E-state index < -0.39 is 6.23 Å². The van der Waals surface area contributed by atoms with Crippen LogP contribution in [0.1, 0.15) is 22.8 Å². The number of rotatable bonds is 7. The van der Waals surface area contributed by atoms with Crippen LogP contribution in [0.15, 0.2) is 48.5 Å². The average molecular weight is 327 g/mol. The van der Waals surface area contributed by atoms with Crippen LogP contribution in [0.25, 0.3) is 0 Å². The summed E-state index contributed by atoms with van der Waals surface area (Å²) in [5.74, 6) is 1.47. The smallest absolute Gasteiger partial charge is 0.231 e. The van der Waals surface area contributed by atoms with Gasteiger partial charge in [-0.05, 0) is 31.0 Å². The van der Waals surface area contributed by atoms with Gasteiger partial charge in [0.15, 0.2) is 17.7 Å². The molecule has 1 aliphatic heterocycles. The Labute approximate surface area is 141 Å². The summed E-state index contributed by atoms with van der Waals surface area (Å²) in [4.78, 5) is 12.5. The van der Waals surface area contributed by atoms with Crippen molar-refractivity contribution >= 4 is 5.78 Å². The Bertz CT molecular complexity index is 702. The summed E-state index contributed by atoms with van der Waals surface area (Å²) in [6, 6.07) is 15.1. The molecule has 0 radical (unpaired) electrons. The van der Waals surface area contributed by atoms with Crippen molar-refractivity contribution in [1.82, 2.24) is 5.32 Å². The van der Waals surface area contributed by atoms with Crippen LogP contribution in [0.4, 0.5) is 0 Å². The van der Waals surface area contributed by atoms with Crippen LogP contribution in [-0.2, 0) is 11.2 Å². The van der Waals surface area contributed by atoms with E-state index in [1.807, 2.05) is 43.3 Å². The SMILES string of the molecule is COC(NC(C)Cc1ccc2c(c1)OCO2)C(=O)c1ccccc1. The summed E-state index contributed by atoms with van der Waals surface area (Å²) >= 11 is 0. The lowest BCUT2D eigenvalue weighted by atomic mass is 10.1.